The van der Waals surface area contributed by atoms with Crippen LogP contribution in [0.25, 0.3) is 0 Å². The van der Waals surface area contributed by atoms with Gasteiger partial charge in [0.15, 0.2) is 0 Å². The second-order valence-electron chi connectivity index (χ2n) is 7.67. The monoisotopic (exact) mass is 398 g/mol. The molecule has 0 aromatic heterocycles. The molecular weight excluding hydrogens is 372 g/mol. The first-order chi connectivity index (χ1) is 13.4. The summed E-state index contributed by atoms with van der Waals surface area (Å²) < 4.78 is 0. The van der Waals surface area contributed by atoms with E-state index in [9.17, 15) is 9.59 Å². The van der Waals surface area contributed by atoms with Gasteiger partial charge < -0.3 is 9.80 Å². The SMILES string of the molecule is CC(C)N(Cc1ccccc1)C(=O)C1CC(=O)N(CCc2cccc(Cl)c2)C1. The predicted octanol–water partition coefficient (Wildman–Crippen LogP) is 4.17. The molecule has 1 fully saturated rings. The average Bonchev–Trinajstić information content (AvgIpc) is 3.05. The summed E-state index contributed by atoms with van der Waals surface area (Å²) in [7, 11) is 0. The number of hydrogen-bond acceptors (Lipinski definition) is 2. The molecule has 4 nitrogen and oxygen atoms in total. The highest BCUT2D eigenvalue weighted by molar-refractivity contribution is 6.30. The number of carbonyl (C=O) groups excluding carboxylic acids is 2. The fourth-order valence-electron chi connectivity index (χ4n) is 3.64. The Labute approximate surface area is 172 Å². The van der Waals surface area contributed by atoms with E-state index in [2.05, 4.69) is 0 Å². The summed E-state index contributed by atoms with van der Waals surface area (Å²) in [6.07, 6.45) is 1.04. The van der Waals surface area contributed by atoms with Gasteiger partial charge in [0.1, 0.15) is 0 Å². The Morgan fingerprint density at radius 1 is 1.14 bits per heavy atom. The lowest BCUT2D eigenvalue weighted by Gasteiger charge is -2.29. The Balaban J connectivity index is 1.61. The molecule has 0 spiro atoms. The van der Waals surface area contributed by atoms with Crippen molar-refractivity contribution in [1.82, 2.24) is 9.80 Å². The second kappa shape index (κ2) is 9.24. The quantitative estimate of drug-likeness (QED) is 0.702. The number of nitrogens with zero attached hydrogens (tertiary/aromatic N) is 2. The number of benzene rings is 2. The first-order valence-electron chi connectivity index (χ1n) is 9.80. The van der Waals surface area contributed by atoms with Crippen LogP contribution in [0.1, 0.15) is 31.4 Å². The highest BCUT2D eigenvalue weighted by atomic mass is 35.5. The van der Waals surface area contributed by atoms with Crippen molar-refractivity contribution in [2.75, 3.05) is 13.1 Å². The molecule has 1 heterocycles. The molecule has 2 amide bonds. The van der Waals surface area contributed by atoms with E-state index in [1.165, 1.54) is 0 Å². The topological polar surface area (TPSA) is 40.6 Å². The number of amides is 2. The van der Waals surface area contributed by atoms with Crippen LogP contribution < -0.4 is 0 Å². The minimum atomic E-state index is -0.266. The lowest BCUT2D eigenvalue weighted by molar-refractivity contribution is -0.138. The molecule has 1 saturated heterocycles. The summed E-state index contributed by atoms with van der Waals surface area (Å²) in [5.41, 5.74) is 2.20. The van der Waals surface area contributed by atoms with Crippen molar-refractivity contribution in [3.05, 3.63) is 70.7 Å². The van der Waals surface area contributed by atoms with Gasteiger partial charge in [-0.3, -0.25) is 9.59 Å². The van der Waals surface area contributed by atoms with Crippen LogP contribution in [0.4, 0.5) is 0 Å². The largest absolute Gasteiger partial charge is 0.342 e. The maximum atomic E-state index is 13.1. The maximum Gasteiger partial charge on any atom is 0.228 e. The molecule has 3 rings (SSSR count). The van der Waals surface area contributed by atoms with Crippen molar-refractivity contribution in [3.8, 4) is 0 Å². The molecule has 1 atom stereocenters. The predicted molar refractivity (Wildman–Crippen MR) is 112 cm³/mol. The van der Waals surface area contributed by atoms with E-state index < -0.39 is 0 Å². The summed E-state index contributed by atoms with van der Waals surface area (Å²) >= 11 is 6.03. The van der Waals surface area contributed by atoms with Gasteiger partial charge >= 0.3 is 0 Å². The van der Waals surface area contributed by atoms with Gasteiger partial charge in [-0.15, -0.1) is 0 Å². The van der Waals surface area contributed by atoms with Crippen LogP contribution in [0, 0.1) is 5.92 Å². The van der Waals surface area contributed by atoms with E-state index >= 15 is 0 Å². The van der Waals surface area contributed by atoms with E-state index in [0.717, 1.165) is 17.5 Å². The molecule has 0 N–H and O–H groups in total. The van der Waals surface area contributed by atoms with Crippen LogP contribution in [0.5, 0.6) is 0 Å². The number of rotatable bonds is 7. The number of halogens is 1. The van der Waals surface area contributed by atoms with Gasteiger partial charge in [0.05, 0.1) is 5.92 Å². The minimum Gasteiger partial charge on any atom is -0.342 e. The molecule has 2 aromatic rings. The summed E-state index contributed by atoms with van der Waals surface area (Å²) in [6, 6.07) is 17.8. The summed E-state index contributed by atoms with van der Waals surface area (Å²) in [5, 5.41) is 0.701. The molecule has 148 valence electrons. The molecule has 0 bridgehead atoms. The summed E-state index contributed by atoms with van der Waals surface area (Å²) in [4.78, 5) is 29.3. The Hall–Kier alpha value is -2.33. The minimum absolute atomic E-state index is 0.0591. The summed E-state index contributed by atoms with van der Waals surface area (Å²) in [5.74, 6) is -0.140. The second-order valence-corrected chi connectivity index (χ2v) is 8.10. The molecule has 0 saturated carbocycles. The smallest absolute Gasteiger partial charge is 0.228 e. The molecule has 1 aliphatic rings. The Morgan fingerprint density at radius 2 is 1.86 bits per heavy atom. The van der Waals surface area contributed by atoms with E-state index in [1.54, 1.807) is 0 Å². The fourth-order valence-corrected chi connectivity index (χ4v) is 3.85. The molecule has 5 heteroatoms. The fraction of sp³-hybridized carbons (Fsp3) is 0.391. The van der Waals surface area contributed by atoms with Gasteiger partial charge in [0, 0.05) is 37.1 Å². The molecule has 0 radical (unpaired) electrons. The molecule has 2 aromatic carbocycles. The third kappa shape index (κ3) is 5.14. The lowest BCUT2D eigenvalue weighted by Crippen LogP contribution is -2.41. The van der Waals surface area contributed by atoms with Crippen molar-refractivity contribution in [2.24, 2.45) is 5.92 Å². The van der Waals surface area contributed by atoms with Crippen molar-refractivity contribution < 1.29 is 9.59 Å². The van der Waals surface area contributed by atoms with E-state index in [4.69, 9.17) is 11.6 Å². The first-order valence-corrected chi connectivity index (χ1v) is 10.2. The maximum absolute atomic E-state index is 13.1. The third-order valence-corrected chi connectivity index (χ3v) is 5.46. The van der Waals surface area contributed by atoms with Gasteiger partial charge in [-0.2, -0.15) is 0 Å². The highest BCUT2D eigenvalue weighted by Gasteiger charge is 2.36. The number of carbonyl (C=O) groups is 2. The van der Waals surface area contributed by atoms with Gasteiger partial charge in [-0.1, -0.05) is 54.1 Å². The Bertz CT molecular complexity index is 822. The zero-order valence-corrected chi connectivity index (χ0v) is 17.2. The van der Waals surface area contributed by atoms with E-state index in [0.29, 0.717) is 31.1 Å². The standard InChI is InChI=1S/C23H27ClN2O2/c1-17(2)26(15-19-7-4-3-5-8-19)23(28)20-14-22(27)25(16-20)12-11-18-9-6-10-21(24)13-18/h3-10,13,17,20H,11-12,14-16H2,1-2H3. The van der Waals surface area contributed by atoms with Gasteiger partial charge in [0.25, 0.3) is 0 Å². The highest BCUT2D eigenvalue weighted by Crippen LogP contribution is 2.23. The van der Waals surface area contributed by atoms with Crippen LogP contribution in [0.15, 0.2) is 54.6 Å². The van der Waals surface area contributed by atoms with E-state index in [1.807, 2.05) is 78.2 Å². The van der Waals surface area contributed by atoms with Gasteiger partial charge in [0.2, 0.25) is 11.8 Å². The van der Waals surface area contributed by atoms with E-state index in [-0.39, 0.29) is 23.8 Å². The molecule has 28 heavy (non-hydrogen) atoms. The van der Waals surface area contributed by atoms with Crippen molar-refractivity contribution in [3.63, 3.8) is 0 Å². The molecule has 1 aliphatic heterocycles. The van der Waals surface area contributed by atoms with Gasteiger partial charge in [-0.05, 0) is 43.5 Å². The zero-order valence-electron chi connectivity index (χ0n) is 16.5. The number of likely N-dealkylation sites (tertiary alicyclic amines) is 1. The van der Waals surface area contributed by atoms with Crippen molar-refractivity contribution in [1.29, 1.82) is 0 Å². The molecule has 0 aliphatic carbocycles. The number of hydrogen-bond donors (Lipinski definition) is 0. The lowest BCUT2D eigenvalue weighted by atomic mass is 10.1. The molecule has 1 unspecified atom stereocenters. The van der Waals surface area contributed by atoms with Crippen LogP contribution in [0.3, 0.4) is 0 Å². The van der Waals surface area contributed by atoms with Crippen LogP contribution in [0.2, 0.25) is 5.02 Å². The normalized spacial score (nSPS) is 16.6. The van der Waals surface area contributed by atoms with Crippen molar-refractivity contribution >= 4 is 23.4 Å². The first kappa shape index (κ1) is 20.4. The third-order valence-electron chi connectivity index (χ3n) is 5.23. The van der Waals surface area contributed by atoms with Crippen LogP contribution >= 0.6 is 11.6 Å². The van der Waals surface area contributed by atoms with Crippen LogP contribution in [-0.2, 0) is 22.6 Å². The van der Waals surface area contributed by atoms with Crippen molar-refractivity contribution in [2.45, 2.75) is 39.3 Å². The Morgan fingerprint density at radius 3 is 2.54 bits per heavy atom. The van der Waals surface area contributed by atoms with Gasteiger partial charge in [-0.25, -0.2) is 0 Å². The summed E-state index contributed by atoms with van der Waals surface area (Å²) in [6.45, 7) is 5.73. The zero-order chi connectivity index (χ0) is 20.1. The Kier molecular flexibility index (Phi) is 6.74. The van der Waals surface area contributed by atoms with Crippen LogP contribution in [-0.4, -0.2) is 40.7 Å². The molecular formula is C23H27ClN2O2. The average molecular weight is 399 g/mol.